The van der Waals surface area contributed by atoms with Crippen LogP contribution in [0, 0.1) is 11.7 Å². The fourth-order valence-electron chi connectivity index (χ4n) is 2.09. The Morgan fingerprint density at radius 3 is 2.17 bits per heavy atom. The molecule has 2 rings (SSSR count). The number of pyridine rings is 1. The molecule has 1 atom stereocenters. The molecule has 1 aromatic heterocycles. The first-order valence-corrected chi connectivity index (χ1v) is 7.75. The van der Waals surface area contributed by atoms with Crippen molar-refractivity contribution in [1.82, 2.24) is 10.3 Å². The second-order valence-corrected chi connectivity index (χ2v) is 6.11. The van der Waals surface area contributed by atoms with Gasteiger partial charge in [-0.2, -0.15) is 13.2 Å². The largest absolute Gasteiger partial charge is 0.416 e. The van der Waals surface area contributed by atoms with E-state index in [9.17, 15) is 17.6 Å². The second kappa shape index (κ2) is 7.30. The summed E-state index contributed by atoms with van der Waals surface area (Å²) in [5, 5.41) is 3.20. The van der Waals surface area contributed by atoms with E-state index in [1.54, 1.807) is 0 Å². The maximum Gasteiger partial charge on any atom is 0.416 e. The first-order valence-electron chi connectivity index (χ1n) is 7.75. The Morgan fingerprint density at radius 1 is 1.00 bits per heavy atom. The van der Waals surface area contributed by atoms with Gasteiger partial charge in [-0.25, -0.2) is 9.37 Å². The van der Waals surface area contributed by atoms with Crippen LogP contribution in [0.3, 0.4) is 0 Å². The van der Waals surface area contributed by atoms with Crippen molar-refractivity contribution in [3.63, 3.8) is 0 Å². The summed E-state index contributed by atoms with van der Waals surface area (Å²) in [5.41, 5.74) is 0.487. The molecule has 2 nitrogen and oxygen atoms in total. The molecule has 1 heterocycles. The third-order valence-electron chi connectivity index (χ3n) is 4.02. The molecule has 0 saturated heterocycles. The van der Waals surface area contributed by atoms with Gasteiger partial charge in [-0.1, -0.05) is 26.0 Å². The van der Waals surface area contributed by atoms with Crippen LogP contribution in [0.2, 0.25) is 0 Å². The van der Waals surface area contributed by atoms with Gasteiger partial charge in [-0.05, 0) is 37.1 Å². The first kappa shape index (κ1) is 18.4. The molecule has 0 spiro atoms. The minimum Gasteiger partial charge on any atom is -0.308 e. The lowest BCUT2D eigenvalue weighted by Gasteiger charge is -2.17. The molecule has 2 aromatic rings. The molecule has 0 radical (unpaired) electrons. The van der Waals surface area contributed by atoms with Crippen molar-refractivity contribution < 1.29 is 17.6 Å². The summed E-state index contributed by atoms with van der Waals surface area (Å²) in [4.78, 5) is 4.25. The van der Waals surface area contributed by atoms with E-state index in [-0.39, 0.29) is 18.3 Å². The van der Waals surface area contributed by atoms with E-state index in [0.717, 1.165) is 12.1 Å². The Kier molecular flexibility index (Phi) is 5.59. The van der Waals surface area contributed by atoms with E-state index < -0.39 is 17.6 Å². The molecule has 24 heavy (non-hydrogen) atoms. The predicted molar refractivity (Wildman–Crippen MR) is 85.8 cm³/mol. The van der Waals surface area contributed by atoms with Gasteiger partial charge in [0.05, 0.1) is 17.0 Å². The molecule has 0 aliphatic rings. The van der Waals surface area contributed by atoms with Crippen molar-refractivity contribution in [2.45, 2.75) is 39.5 Å². The zero-order chi connectivity index (χ0) is 17.9. The molecule has 0 saturated carbocycles. The van der Waals surface area contributed by atoms with E-state index >= 15 is 0 Å². The number of halogens is 4. The van der Waals surface area contributed by atoms with Crippen LogP contribution in [0.5, 0.6) is 0 Å². The molecule has 0 amide bonds. The Balaban J connectivity index is 2.21. The summed E-state index contributed by atoms with van der Waals surface area (Å²) in [6, 6.07) is 7.64. The minimum absolute atomic E-state index is 0.195. The number of nitrogens with zero attached hydrogens (tertiary/aromatic N) is 1. The summed E-state index contributed by atoms with van der Waals surface area (Å²) in [7, 11) is 0. The summed E-state index contributed by atoms with van der Waals surface area (Å²) >= 11 is 0. The Labute approximate surface area is 138 Å². The van der Waals surface area contributed by atoms with Crippen molar-refractivity contribution in [3.8, 4) is 11.3 Å². The molecular formula is C18H20F4N2. The number of alkyl halides is 3. The molecule has 1 aromatic carbocycles. The predicted octanol–water partition coefficient (Wildman–Crippen LogP) is 5.04. The van der Waals surface area contributed by atoms with Gasteiger partial charge in [0.2, 0.25) is 0 Å². The minimum atomic E-state index is -4.38. The lowest BCUT2D eigenvalue weighted by molar-refractivity contribution is -0.137. The Morgan fingerprint density at radius 2 is 1.62 bits per heavy atom. The van der Waals surface area contributed by atoms with Gasteiger partial charge in [0, 0.05) is 18.2 Å². The van der Waals surface area contributed by atoms with Gasteiger partial charge in [-0.3, -0.25) is 0 Å². The van der Waals surface area contributed by atoms with Crippen LogP contribution in [-0.2, 0) is 12.7 Å². The normalized spacial score (nSPS) is 13.3. The first-order chi connectivity index (χ1) is 11.2. The lowest BCUT2D eigenvalue weighted by atomic mass is 10.1. The van der Waals surface area contributed by atoms with E-state index in [1.165, 1.54) is 24.3 Å². The van der Waals surface area contributed by atoms with Crippen molar-refractivity contribution >= 4 is 0 Å². The maximum atomic E-state index is 13.9. The number of hydrogen-bond donors (Lipinski definition) is 1. The smallest absolute Gasteiger partial charge is 0.308 e. The van der Waals surface area contributed by atoms with Crippen molar-refractivity contribution in [3.05, 3.63) is 53.5 Å². The van der Waals surface area contributed by atoms with Gasteiger partial charge >= 0.3 is 6.18 Å². The standard InChI is InChI=1S/C18H20F4N2/c1-11(2)12(3)23-10-17-15(19)8-9-16(24-17)13-4-6-14(7-5-13)18(20,21)22/h4-9,11-12,23H,10H2,1-3H3/t12-/m0/s1. The average Bonchev–Trinajstić information content (AvgIpc) is 2.53. The SMILES string of the molecule is CC(C)[C@H](C)NCc1nc(-c2ccc(C(F)(F)F)cc2)ccc1F. The summed E-state index contributed by atoms with van der Waals surface area (Å²) in [5.74, 6) is -0.0414. The van der Waals surface area contributed by atoms with Gasteiger partial charge < -0.3 is 5.32 Å². The van der Waals surface area contributed by atoms with Crippen LogP contribution < -0.4 is 5.32 Å². The molecule has 0 unspecified atom stereocenters. The lowest BCUT2D eigenvalue weighted by Crippen LogP contribution is -2.30. The maximum absolute atomic E-state index is 13.9. The number of rotatable bonds is 5. The third-order valence-corrected chi connectivity index (χ3v) is 4.02. The second-order valence-electron chi connectivity index (χ2n) is 6.11. The molecular weight excluding hydrogens is 320 g/mol. The highest BCUT2D eigenvalue weighted by atomic mass is 19.4. The van der Waals surface area contributed by atoms with E-state index in [4.69, 9.17) is 0 Å². The molecule has 0 aliphatic heterocycles. The fraction of sp³-hybridized carbons (Fsp3) is 0.389. The molecule has 0 fully saturated rings. The number of benzene rings is 1. The number of nitrogens with one attached hydrogen (secondary N) is 1. The van der Waals surface area contributed by atoms with Crippen molar-refractivity contribution in [2.24, 2.45) is 5.92 Å². The summed E-state index contributed by atoms with van der Waals surface area (Å²) in [6.07, 6.45) is -4.38. The van der Waals surface area contributed by atoms with Crippen molar-refractivity contribution in [1.29, 1.82) is 0 Å². The summed E-state index contributed by atoms with van der Waals surface area (Å²) < 4.78 is 51.7. The zero-order valence-corrected chi connectivity index (χ0v) is 13.8. The monoisotopic (exact) mass is 340 g/mol. The van der Waals surface area contributed by atoms with Crippen LogP contribution in [0.15, 0.2) is 36.4 Å². The molecule has 6 heteroatoms. The van der Waals surface area contributed by atoms with E-state index in [1.807, 2.05) is 6.92 Å². The molecule has 1 N–H and O–H groups in total. The topological polar surface area (TPSA) is 24.9 Å². The quantitative estimate of drug-likeness (QED) is 0.771. The molecule has 0 bridgehead atoms. The van der Waals surface area contributed by atoms with Gasteiger partial charge in [0.1, 0.15) is 5.82 Å². The Bertz CT molecular complexity index is 678. The fourth-order valence-corrected chi connectivity index (χ4v) is 2.09. The van der Waals surface area contributed by atoms with Crippen LogP contribution in [0.1, 0.15) is 32.0 Å². The zero-order valence-electron chi connectivity index (χ0n) is 13.8. The third kappa shape index (κ3) is 4.54. The van der Waals surface area contributed by atoms with Gasteiger partial charge in [-0.15, -0.1) is 0 Å². The van der Waals surface area contributed by atoms with Crippen LogP contribution in [0.4, 0.5) is 17.6 Å². The number of hydrogen-bond acceptors (Lipinski definition) is 2. The average molecular weight is 340 g/mol. The van der Waals surface area contributed by atoms with Gasteiger partial charge in [0.25, 0.3) is 0 Å². The molecule has 0 aliphatic carbocycles. The van der Waals surface area contributed by atoms with Crippen LogP contribution in [-0.4, -0.2) is 11.0 Å². The van der Waals surface area contributed by atoms with E-state index in [0.29, 0.717) is 17.2 Å². The highest BCUT2D eigenvalue weighted by molar-refractivity contribution is 5.59. The van der Waals surface area contributed by atoms with Crippen molar-refractivity contribution in [2.75, 3.05) is 0 Å². The highest BCUT2D eigenvalue weighted by Gasteiger charge is 2.30. The van der Waals surface area contributed by atoms with E-state index in [2.05, 4.69) is 24.1 Å². The number of aromatic nitrogens is 1. The van der Waals surface area contributed by atoms with Gasteiger partial charge in [0.15, 0.2) is 0 Å². The summed E-state index contributed by atoms with van der Waals surface area (Å²) in [6.45, 7) is 6.38. The highest BCUT2D eigenvalue weighted by Crippen LogP contribution is 2.30. The van der Waals surface area contributed by atoms with Crippen LogP contribution >= 0.6 is 0 Å². The van der Waals surface area contributed by atoms with Crippen LogP contribution in [0.25, 0.3) is 11.3 Å². The Hall–Kier alpha value is -1.95. The molecule has 130 valence electrons.